The van der Waals surface area contributed by atoms with Gasteiger partial charge in [0.1, 0.15) is 11.6 Å². The van der Waals surface area contributed by atoms with Gasteiger partial charge in [0.15, 0.2) is 0 Å². The van der Waals surface area contributed by atoms with Crippen molar-refractivity contribution in [1.82, 2.24) is 25.3 Å². The average molecular weight is 391 g/mol. The van der Waals surface area contributed by atoms with E-state index in [9.17, 15) is 4.79 Å². The Morgan fingerprint density at radius 2 is 1.62 bits per heavy atom. The lowest BCUT2D eigenvalue weighted by Crippen LogP contribution is -2.24. The van der Waals surface area contributed by atoms with Crippen LogP contribution in [0.2, 0.25) is 0 Å². The molecule has 1 amide bonds. The smallest absolute Gasteiger partial charge is 0.251 e. The van der Waals surface area contributed by atoms with Crippen molar-refractivity contribution in [3.63, 3.8) is 0 Å². The molecular weight excluding hydrogens is 366 g/mol. The number of imidazole rings is 2. The molecule has 0 spiro atoms. The molecular formula is C21H25N7O. The number of unbranched alkanes of at least 4 members (excludes halogenated alkanes) is 1. The van der Waals surface area contributed by atoms with E-state index in [4.69, 9.17) is 11.5 Å². The number of rotatable bonds is 8. The molecule has 7 N–H and O–H groups in total. The molecule has 4 aromatic rings. The number of nitrogens with two attached hydrogens (primary N) is 2. The summed E-state index contributed by atoms with van der Waals surface area (Å²) in [5, 5.41) is 2.92. The Kier molecular flexibility index (Phi) is 5.55. The minimum atomic E-state index is -0.0898. The molecule has 0 atom stereocenters. The first-order valence-corrected chi connectivity index (χ1v) is 9.81. The zero-order chi connectivity index (χ0) is 20.2. The van der Waals surface area contributed by atoms with E-state index in [1.54, 1.807) is 6.07 Å². The van der Waals surface area contributed by atoms with Crippen LogP contribution in [0.15, 0.2) is 36.4 Å². The van der Waals surface area contributed by atoms with Gasteiger partial charge >= 0.3 is 0 Å². The van der Waals surface area contributed by atoms with Gasteiger partial charge in [-0.05, 0) is 55.3 Å². The fourth-order valence-corrected chi connectivity index (χ4v) is 3.34. The zero-order valence-electron chi connectivity index (χ0n) is 16.2. The molecule has 4 rings (SSSR count). The van der Waals surface area contributed by atoms with E-state index in [0.717, 1.165) is 52.1 Å². The van der Waals surface area contributed by atoms with Crippen molar-refractivity contribution in [2.24, 2.45) is 11.5 Å². The molecule has 150 valence electrons. The van der Waals surface area contributed by atoms with Crippen molar-refractivity contribution in [3.05, 3.63) is 59.2 Å². The molecule has 0 unspecified atom stereocenters. The number of aromatic nitrogens is 4. The molecule has 8 heteroatoms. The molecule has 0 bridgehead atoms. The van der Waals surface area contributed by atoms with Crippen LogP contribution in [0.25, 0.3) is 22.1 Å². The van der Waals surface area contributed by atoms with Crippen LogP contribution in [0.4, 0.5) is 0 Å². The number of H-pyrrole nitrogens is 2. The van der Waals surface area contributed by atoms with Gasteiger partial charge in [0, 0.05) is 18.7 Å². The first-order valence-electron chi connectivity index (χ1n) is 9.81. The zero-order valence-corrected chi connectivity index (χ0v) is 16.2. The van der Waals surface area contributed by atoms with Crippen LogP contribution >= 0.6 is 0 Å². The van der Waals surface area contributed by atoms with E-state index in [2.05, 4.69) is 25.3 Å². The Hall–Kier alpha value is -3.23. The largest absolute Gasteiger partial charge is 0.352 e. The number of carbonyl (C=O) groups is 1. The maximum atomic E-state index is 12.3. The predicted octanol–water partition coefficient (Wildman–Crippen LogP) is 1.96. The number of nitrogens with one attached hydrogen (secondary N) is 3. The maximum Gasteiger partial charge on any atom is 0.251 e. The number of aromatic amines is 2. The van der Waals surface area contributed by atoms with Gasteiger partial charge in [-0.2, -0.15) is 0 Å². The highest BCUT2D eigenvalue weighted by Crippen LogP contribution is 2.18. The second-order valence-corrected chi connectivity index (χ2v) is 7.08. The van der Waals surface area contributed by atoms with E-state index in [1.165, 1.54) is 0 Å². The summed E-state index contributed by atoms with van der Waals surface area (Å²) in [5.41, 5.74) is 16.4. The third kappa shape index (κ3) is 4.28. The summed E-state index contributed by atoms with van der Waals surface area (Å²) < 4.78 is 0. The molecule has 0 aliphatic rings. The molecule has 0 saturated heterocycles. The summed E-state index contributed by atoms with van der Waals surface area (Å²) in [7, 11) is 0. The molecule has 8 nitrogen and oxygen atoms in total. The van der Waals surface area contributed by atoms with E-state index < -0.39 is 0 Å². The number of amides is 1. The van der Waals surface area contributed by atoms with Gasteiger partial charge in [0.05, 0.1) is 28.5 Å². The molecule has 2 heterocycles. The van der Waals surface area contributed by atoms with Crippen molar-refractivity contribution >= 4 is 28.0 Å². The quantitative estimate of drug-likeness (QED) is 0.292. The Morgan fingerprint density at radius 3 is 2.31 bits per heavy atom. The Labute approximate surface area is 168 Å². The topological polar surface area (TPSA) is 138 Å². The van der Waals surface area contributed by atoms with E-state index in [1.807, 2.05) is 30.3 Å². The highest BCUT2D eigenvalue weighted by molar-refractivity contribution is 5.97. The number of nitrogens with zero attached hydrogens (tertiary/aromatic N) is 2. The summed E-state index contributed by atoms with van der Waals surface area (Å²) in [6.45, 7) is 1.76. The minimum absolute atomic E-state index is 0.0898. The van der Waals surface area contributed by atoms with E-state index in [-0.39, 0.29) is 5.91 Å². The summed E-state index contributed by atoms with van der Waals surface area (Å²) in [6.07, 6.45) is 2.32. The van der Waals surface area contributed by atoms with Crippen LogP contribution in [0.3, 0.4) is 0 Å². The van der Waals surface area contributed by atoms with Crippen LogP contribution in [0.1, 0.15) is 40.4 Å². The second kappa shape index (κ2) is 8.42. The number of hydrogen-bond donors (Lipinski definition) is 5. The Balaban J connectivity index is 1.49. The summed E-state index contributed by atoms with van der Waals surface area (Å²) in [6, 6.07) is 11.4. The average Bonchev–Trinajstić information content (AvgIpc) is 3.32. The first-order chi connectivity index (χ1) is 14.2. The fraction of sp³-hybridized carbons (Fsp3) is 0.286. The van der Waals surface area contributed by atoms with Gasteiger partial charge in [-0.15, -0.1) is 0 Å². The van der Waals surface area contributed by atoms with Gasteiger partial charge < -0.3 is 26.8 Å². The van der Waals surface area contributed by atoms with Crippen LogP contribution in [-0.4, -0.2) is 38.9 Å². The minimum Gasteiger partial charge on any atom is -0.352 e. The van der Waals surface area contributed by atoms with E-state index >= 15 is 0 Å². The van der Waals surface area contributed by atoms with Crippen LogP contribution in [0, 0.1) is 0 Å². The van der Waals surface area contributed by atoms with Crippen molar-refractivity contribution in [2.75, 3.05) is 13.1 Å². The Morgan fingerprint density at radius 1 is 0.931 bits per heavy atom. The third-order valence-electron chi connectivity index (χ3n) is 4.88. The van der Waals surface area contributed by atoms with Crippen LogP contribution < -0.4 is 16.8 Å². The van der Waals surface area contributed by atoms with Gasteiger partial charge in [0.2, 0.25) is 0 Å². The monoisotopic (exact) mass is 391 g/mol. The van der Waals surface area contributed by atoms with Crippen molar-refractivity contribution in [2.45, 2.75) is 25.8 Å². The Bertz CT molecular complexity index is 1140. The number of carbonyl (C=O) groups excluding carboxylic acids is 1. The lowest BCUT2D eigenvalue weighted by Gasteiger charge is -2.04. The maximum absolute atomic E-state index is 12.3. The molecule has 2 aromatic carbocycles. The normalized spacial score (nSPS) is 11.4. The van der Waals surface area contributed by atoms with Gasteiger partial charge in [-0.25, -0.2) is 9.97 Å². The van der Waals surface area contributed by atoms with Gasteiger partial charge in [-0.3, -0.25) is 4.79 Å². The third-order valence-corrected chi connectivity index (χ3v) is 4.88. The van der Waals surface area contributed by atoms with Crippen molar-refractivity contribution in [3.8, 4) is 0 Å². The number of hydrogen-bond acceptors (Lipinski definition) is 5. The highest BCUT2D eigenvalue weighted by atomic mass is 16.1. The predicted molar refractivity (Wildman–Crippen MR) is 114 cm³/mol. The van der Waals surface area contributed by atoms with Crippen LogP contribution in [-0.2, 0) is 13.0 Å². The lowest BCUT2D eigenvalue weighted by atomic mass is 10.2. The molecule has 0 saturated carbocycles. The fourth-order valence-electron chi connectivity index (χ4n) is 3.34. The van der Waals surface area contributed by atoms with Crippen LogP contribution in [0.5, 0.6) is 0 Å². The number of benzene rings is 2. The lowest BCUT2D eigenvalue weighted by molar-refractivity contribution is 0.0953. The highest BCUT2D eigenvalue weighted by Gasteiger charge is 2.11. The first kappa shape index (κ1) is 19.1. The standard InChI is InChI=1S/C21H25N7O/c22-7-1-2-8-24-21(29)14-4-6-16-18(10-14)28-20(26-16)11-19-25-15-5-3-13(12-23)9-17(15)27-19/h3-6,9-10H,1-2,7-8,11-12,22-23H2,(H,24,29)(H,25,27)(H,26,28). The van der Waals surface area contributed by atoms with Gasteiger partial charge in [-0.1, -0.05) is 6.07 Å². The SMILES string of the molecule is NCCCCNC(=O)c1ccc2nc(Cc3nc4ccc(CN)cc4[nH]3)[nH]c2c1. The number of fused-ring (bicyclic) bond motifs is 2. The second-order valence-electron chi connectivity index (χ2n) is 7.08. The van der Waals surface area contributed by atoms with Gasteiger partial charge in [0.25, 0.3) is 5.91 Å². The molecule has 29 heavy (non-hydrogen) atoms. The van der Waals surface area contributed by atoms with Crippen molar-refractivity contribution in [1.29, 1.82) is 0 Å². The summed E-state index contributed by atoms with van der Waals surface area (Å²) >= 11 is 0. The molecule has 0 aliphatic carbocycles. The molecule has 0 radical (unpaired) electrons. The van der Waals surface area contributed by atoms with Crippen molar-refractivity contribution < 1.29 is 4.79 Å². The van der Waals surface area contributed by atoms with E-state index in [0.29, 0.717) is 31.6 Å². The molecule has 0 aliphatic heterocycles. The molecule has 2 aromatic heterocycles. The summed E-state index contributed by atoms with van der Waals surface area (Å²) in [4.78, 5) is 28.2. The summed E-state index contributed by atoms with van der Waals surface area (Å²) in [5.74, 6) is 1.53. The molecule has 0 fully saturated rings.